The van der Waals surface area contributed by atoms with E-state index in [1.807, 2.05) is 0 Å². The molecule has 0 spiro atoms. The second-order valence-electron chi connectivity index (χ2n) is 6.92. The van der Waals surface area contributed by atoms with Crippen LogP contribution in [0.5, 0.6) is 5.75 Å². The highest BCUT2D eigenvalue weighted by atomic mass is 32.2. The number of nitrogens with zero attached hydrogens (tertiary/aromatic N) is 1. The summed E-state index contributed by atoms with van der Waals surface area (Å²) in [7, 11) is 1.55. The number of nitrogens with one attached hydrogen (secondary N) is 2. The van der Waals surface area contributed by atoms with Gasteiger partial charge >= 0.3 is 5.97 Å². The number of nitriles is 1. The van der Waals surface area contributed by atoms with Crippen LogP contribution in [0.3, 0.4) is 0 Å². The number of methoxy groups -OCH3 is 1. The Morgan fingerprint density at radius 2 is 2.18 bits per heavy atom. The topological polar surface area (TPSA) is 114 Å². The predicted octanol–water partition coefficient (Wildman–Crippen LogP) is 4.09. The van der Waals surface area contributed by atoms with Crippen molar-refractivity contribution < 1.29 is 23.5 Å². The molecule has 33 heavy (non-hydrogen) atoms. The van der Waals surface area contributed by atoms with Gasteiger partial charge in [0.25, 0.3) is 0 Å². The number of anilines is 1. The quantitative estimate of drug-likeness (QED) is 0.421. The Labute approximate surface area is 195 Å². The van der Waals surface area contributed by atoms with Gasteiger partial charge in [0.1, 0.15) is 18.1 Å². The van der Waals surface area contributed by atoms with Gasteiger partial charge < -0.3 is 24.5 Å². The molecule has 2 N–H and O–H groups in total. The fourth-order valence-electron chi connectivity index (χ4n) is 3.29. The molecule has 3 rings (SSSR count). The van der Waals surface area contributed by atoms with Crippen molar-refractivity contribution in [2.24, 2.45) is 0 Å². The maximum Gasteiger partial charge on any atom is 0.337 e. The van der Waals surface area contributed by atoms with Gasteiger partial charge in [0.2, 0.25) is 5.91 Å². The molecule has 0 unspecified atom stereocenters. The van der Waals surface area contributed by atoms with Gasteiger partial charge in [0.15, 0.2) is 0 Å². The summed E-state index contributed by atoms with van der Waals surface area (Å²) in [6.07, 6.45) is 2.94. The number of hydrogen-bond acceptors (Lipinski definition) is 8. The number of furan rings is 1. The van der Waals surface area contributed by atoms with Crippen LogP contribution in [0.25, 0.3) is 0 Å². The third-order valence-electron chi connectivity index (χ3n) is 4.73. The van der Waals surface area contributed by atoms with Crippen molar-refractivity contribution in [3.8, 4) is 11.8 Å². The average Bonchev–Trinajstić information content (AvgIpc) is 3.35. The van der Waals surface area contributed by atoms with Gasteiger partial charge in [-0.15, -0.1) is 0 Å². The minimum atomic E-state index is -0.757. The standard InChI is InChI=1S/C24H23N3O5S/c1-4-10-32-24(29)21-15(2)26-23(18(13-25)22(21)19-9-6-11-31-19)33-14-20(28)27-16-7-5-8-17(12-16)30-3/h4-9,11-12,22,26H,1,10,14H2,2-3H3,(H,27,28)/t22-/m0/s1. The summed E-state index contributed by atoms with van der Waals surface area (Å²) >= 11 is 1.16. The summed E-state index contributed by atoms with van der Waals surface area (Å²) in [5, 5.41) is 16.3. The predicted molar refractivity (Wildman–Crippen MR) is 125 cm³/mol. The zero-order valence-corrected chi connectivity index (χ0v) is 19.0. The Balaban J connectivity index is 1.82. The summed E-state index contributed by atoms with van der Waals surface area (Å²) in [5.41, 5.74) is 1.65. The molecule has 0 saturated carbocycles. The molecule has 0 radical (unpaired) electrons. The SMILES string of the molecule is C=CCOC(=O)C1=C(C)NC(SCC(=O)Nc2cccc(OC)c2)=C(C#N)[C@H]1c1ccco1. The molecule has 1 atom stereocenters. The Kier molecular flexibility index (Phi) is 8.00. The molecule has 9 heteroatoms. The first-order chi connectivity index (χ1) is 16.0. The molecule has 0 bridgehead atoms. The normalized spacial score (nSPS) is 15.4. The largest absolute Gasteiger partial charge is 0.497 e. The number of carbonyl (C=O) groups is 2. The highest BCUT2D eigenvalue weighted by Crippen LogP contribution is 2.41. The number of hydrogen-bond donors (Lipinski definition) is 2. The van der Waals surface area contributed by atoms with Gasteiger partial charge in [-0.05, 0) is 31.2 Å². The lowest BCUT2D eigenvalue weighted by atomic mass is 9.86. The van der Waals surface area contributed by atoms with Crippen LogP contribution in [0.2, 0.25) is 0 Å². The maximum absolute atomic E-state index is 12.7. The van der Waals surface area contributed by atoms with Gasteiger partial charge in [-0.3, -0.25) is 4.79 Å². The molecular weight excluding hydrogens is 442 g/mol. The monoisotopic (exact) mass is 465 g/mol. The Bertz CT molecular complexity index is 1150. The molecule has 8 nitrogen and oxygen atoms in total. The molecule has 2 aromatic rings. The van der Waals surface area contributed by atoms with E-state index in [0.717, 1.165) is 11.8 Å². The Morgan fingerprint density at radius 1 is 1.36 bits per heavy atom. The van der Waals surface area contributed by atoms with Crippen LogP contribution in [0, 0.1) is 11.3 Å². The molecule has 170 valence electrons. The van der Waals surface area contributed by atoms with E-state index in [-0.39, 0.29) is 29.4 Å². The molecule has 1 aromatic carbocycles. The smallest absolute Gasteiger partial charge is 0.337 e. The Hall–Kier alpha value is -3.90. The first-order valence-corrected chi connectivity index (χ1v) is 11.0. The van der Waals surface area contributed by atoms with Gasteiger partial charge in [-0.1, -0.05) is 30.5 Å². The number of esters is 1. The highest BCUT2D eigenvalue weighted by molar-refractivity contribution is 8.03. The summed E-state index contributed by atoms with van der Waals surface area (Å²) in [6.45, 7) is 5.31. The van der Waals surface area contributed by atoms with E-state index < -0.39 is 11.9 Å². The van der Waals surface area contributed by atoms with E-state index in [0.29, 0.717) is 27.9 Å². The van der Waals surface area contributed by atoms with E-state index in [4.69, 9.17) is 13.9 Å². The zero-order valence-electron chi connectivity index (χ0n) is 18.2. The first-order valence-electron chi connectivity index (χ1n) is 9.98. The van der Waals surface area contributed by atoms with Crippen molar-refractivity contribution >= 4 is 29.3 Å². The molecule has 1 aliphatic heterocycles. The summed E-state index contributed by atoms with van der Waals surface area (Å²) in [6, 6.07) is 12.6. The summed E-state index contributed by atoms with van der Waals surface area (Å²) in [4.78, 5) is 25.3. The molecule has 0 fully saturated rings. The second kappa shape index (κ2) is 11.1. The zero-order chi connectivity index (χ0) is 23.8. The molecule has 1 amide bonds. The van der Waals surface area contributed by atoms with Crippen LogP contribution >= 0.6 is 11.8 Å². The van der Waals surface area contributed by atoms with Crippen molar-refractivity contribution in [3.63, 3.8) is 0 Å². The van der Waals surface area contributed by atoms with E-state index in [9.17, 15) is 14.9 Å². The van der Waals surface area contributed by atoms with Crippen molar-refractivity contribution in [2.75, 3.05) is 24.8 Å². The summed E-state index contributed by atoms with van der Waals surface area (Å²) < 4.78 is 15.9. The minimum Gasteiger partial charge on any atom is -0.497 e. The highest BCUT2D eigenvalue weighted by Gasteiger charge is 2.37. The molecule has 0 aliphatic carbocycles. The molecule has 2 heterocycles. The van der Waals surface area contributed by atoms with Gasteiger partial charge in [-0.2, -0.15) is 5.26 Å². The van der Waals surface area contributed by atoms with Crippen LogP contribution in [-0.4, -0.2) is 31.3 Å². The van der Waals surface area contributed by atoms with Crippen LogP contribution in [0.15, 0.2) is 81.6 Å². The molecule has 1 aromatic heterocycles. The fourth-order valence-corrected chi connectivity index (χ4v) is 4.18. The van der Waals surface area contributed by atoms with E-state index in [1.165, 1.54) is 12.3 Å². The fraction of sp³-hybridized carbons (Fsp3) is 0.208. The Morgan fingerprint density at radius 3 is 2.85 bits per heavy atom. The number of dihydropyridines is 1. The molecule has 0 saturated heterocycles. The maximum atomic E-state index is 12.7. The van der Waals surface area contributed by atoms with Crippen molar-refractivity contribution in [1.82, 2.24) is 5.32 Å². The molecular formula is C24H23N3O5S. The lowest BCUT2D eigenvalue weighted by molar-refractivity contribution is -0.138. The number of rotatable bonds is 9. The van der Waals surface area contributed by atoms with Crippen LogP contribution < -0.4 is 15.4 Å². The number of benzene rings is 1. The number of ether oxygens (including phenoxy) is 2. The van der Waals surface area contributed by atoms with Crippen molar-refractivity contribution in [1.29, 1.82) is 5.26 Å². The average molecular weight is 466 g/mol. The lowest BCUT2D eigenvalue weighted by Crippen LogP contribution is -2.29. The summed E-state index contributed by atoms with van der Waals surface area (Å²) in [5.74, 6) is -0.494. The number of allylic oxidation sites excluding steroid dienone is 2. The molecule has 1 aliphatic rings. The van der Waals surface area contributed by atoms with Crippen LogP contribution in [0.1, 0.15) is 18.6 Å². The van der Waals surface area contributed by atoms with E-state index in [1.54, 1.807) is 50.4 Å². The van der Waals surface area contributed by atoms with Gasteiger partial charge in [0.05, 0.1) is 47.3 Å². The lowest BCUT2D eigenvalue weighted by Gasteiger charge is -2.27. The first kappa shape index (κ1) is 23.8. The van der Waals surface area contributed by atoms with E-state index in [2.05, 4.69) is 23.3 Å². The third-order valence-corrected chi connectivity index (χ3v) is 5.75. The van der Waals surface area contributed by atoms with E-state index >= 15 is 0 Å². The van der Waals surface area contributed by atoms with Gasteiger partial charge in [0, 0.05) is 17.5 Å². The minimum absolute atomic E-state index is 0.0398. The number of thioether (sulfide) groups is 1. The van der Waals surface area contributed by atoms with Crippen LogP contribution in [0.4, 0.5) is 5.69 Å². The number of amides is 1. The van der Waals surface area contributed by atoms with Gasteiger partial charge in [-0.25, -0.2) is 4.79 Å². The van der Waals surface area contributed by atoms with Crippen molar-refractivity contribution in [2.45, 2.75) is 12.8 Å². The van der Waals surface area contributed by atoms with Crippen molar-refractivity contribution in [3.05, 3.63) is 82.9 Å². The second-order valence-corrected chi connectivity index (χ2v) is 7.91. The number of carbonyl (C=O) groups excluding carboxylic acids is 2. The third kappa shape index (κ3) is 5.67. The van der Waals surface area contributed by atoms with Crippen LogP contribution in [-0.2, 0) is 14.3 Å².